The highest BCUT2D eigenvalue weighted by molar-refractivity contribution is 5.33. The second-order valence-corrected chi connectivity index (χ2v) is 4.29. The summed E-state index contributed by atoms with van der Waals surface area (Å²) in [7, 11) is 0. The molecule has 0 saturated carbocycles. The molecule has 2 rings (SSSR count). The van der Waals surface area contributed by atoms with Gasteiger partial charge in [-0.1, -0.05) is 30.3 Å². The first-order valence-corrected chi connectivity index (χ1v) is 6.08. The Balaban J connectivity index is 1.89. The molecule has 0 amide bonds. The standard InChI is InChI=1S/C15H15NO3/c1-12-4-2-3-5-15(12)19-11-10-13-6-8-14(9-7-13)16(17)18/h2-9H,10-11H2,1H3. The Morgan fingerprint density at radius 3 is 2.42 bits per heavy atom. The van der Waals surface area contributed by atoms with Crippen LogP contribution in [0.1, 0.15) is 11.1 Å². The number of nitro benzene ring substituents is 1. The minimum absolute atomic E-state index is 0.114. The van der Waals surface area contributed by atoms with Crippen molar-refractivity contribution < 1.29 is 9.66 Å². The molecule has 0 aromatic heterocycles. The largest absolute Gasteiger partial charge is 0.493 e. The zero-order valence-electron chi connectivity index (χ0n) is 10.7. The number of non-ortho nitro benzene ring substituents is 1. The fourth-order valence-electron chi connectivity index (χ4n) is 1.78. The van der Waals surface area contributed by atoms with Crippen molar-refractivity contribution in [3.8, 4) is 5.75 Å². The number of hydrogen-bond acceptors (Lipinski definition) is 3. The van der Waals surface area contributed by atoms with Crippen LogP contribution >= 0.6 is 0 Å². The van der Waals surface area contributed by atoms with Crippen molar-refractivity contribution in [2.45, 2.75) is 13.3 Å². The van der Waals surface area contributed by atoms with Crippen LogP contribution in [0.25, 0.3) is 0 Å². The molecule has 0 aliphatic heterocycles. The minimum Gasteiger partial charge on any atom is -0.493 e. The summed E-state index contributed by atoms with van der Waals surface area (Å²) in [4.78, 5) is 10.1. The molecular formula is C15H15NO3. The third kappa shape index (κ3) is 3.55. The summed E-state index contributed by atoms with van der Waals surface area (Å²) >= 11 is 0. The van der Waals surface area contributed by atoms with E-state index in [9.17, 15) is 10.1 Å². The molecule has 98 valence electrons. The van der Waals surface area contributed by atoms with Gasteiger partial charge in [-0.2, -0.15) is 0 Å². The van der Waals surface area contributed by atoms with E-state index in [4.69, 9.17) is 4.74 Å². The molecule has 19 heavy (non-hydrogen) atoms. The summed E-state index contributed by atoms with van der Waals surface area (Å²) in [5.41, 5.74) is 2.24. The minimum atomic E-state index is -0.395. The third-order valence-corrected chi connectivity index (χ3v) is 2.89. The zero-order chi connectivity index (χ0) is 13.7. The van der Waals surface area contributed by atoms with Gasteiger partial charge in [0.05, 0.1) is 11.5 Å². The van der Waals surface area contributed by atoms with Gasteiger partial charge in [-0.25, -0.2) is 0 Å². The predicted octanol–water partition coefficient (Wildman–Crippen LogP) is 3.52. The van der Waals surface area contributed by atoms with E-state index in [1.165, 1.54) is 12.1 Å². The zero-order valence-corrected chi connectivity index (χ0v) is 10.7. The number of nitrogens with zero attached hydrogens (tertiary/aromatic N) is 1. The number of rotatable bonds is 5. The molecule has 0 heterocycles. The maximum Gasteiger partial charge on any atom is 0.269 e. The number of nitro groups is 1. The van der Waals surface area contributed by atoms with E-state index in [1.54, 1.807) is 12.1 Å². The lowest BCUT2D eigenvalue weighted by atomic mass is 10.1. The highest BCUT2D eigenvalue weighted by Crippen LogP contribution is 2.17. The van der Waals surface area contributed by atoms with Gasteiger partial charge in [0.25, 0.3) is 5.69 Å². The fraction of sp³-hybridized carbons (Fsp3) is 0.200. The molecule has 0 unspecified atom stereocenters. The molecule has 0 fully saturated rings. The molecule has 0 aliphatic rings. The van der Waals surface area contributed by atoms with Crippen molar-refractivity contribution in [2.24, 2.45) is 0 Å². The Morgan fingerprint density at radius 2 is 1.79 bits per heavy atom. The van der Waals surface area contributed by atoms with E-state index < -0.39 is 4.92 Å². The molecular weight excluding hydrogens is 242 g/mol. The van der Waals surface area contributed by atoms with Crippen molar-refractivity contribution in [2.75, 3.05) is 6.61 Å². The quantitative estimate of drug-likeness (QED) is 0.608. The van der Waals surface area contributed by atoms with Gasteiger partial charge in [0.15, 0.2) is 0 Å². The van der Waals surface area contributed by atoms with Crippen LogP contribution in [0.3, 0.4) is 0 Å². The fourth-order valence-corrected chi connectivity index (χ4v) is 1.78. The van der Waals surface area contributed by atoms with E-state index in [0.717, 1.165) is 23.3 Å². The first-order valence-electron chi connectivity index (χ1n) is 6.08. The van der Waals surface area contributed by atoms with Gasteiger partial charge < -0.3 is 4.74 Å². The maximum absolute atomic E-state index is 10.5. The van der Waals surface area contributed by atoms with Crippen molar-refractivity contribution in [3.63, 3.8) is 0 Å². The highest BCUT2D eigenvalue weighted by Gasteiger charge is 2.04. The van der Waals surface area contributed by atoms with E-state index in [0.29, 0.717) is 6.61 Å². The van der Waals surface area contributed by atoms with Crippen LogP contribution in [0.4, 0.5) is 5.69 Å². The summed E-state index contributed by atoms with van der Waals surface area (Å²) in [6.07, 6.45) is 0.729. The molecule has 0 N–H and O–H groups in total. The van der Waals surface area contributed by atoms with Crippen LogP contribution in [0.15, 0.2) is 48.5 Å². The van der Waals surface area contributed by atoms with E-state index in [2.05, 4.69) is 0 Å². The Hall–Kier alpha value is -2.36. The summed E-state index contributed by atoms with van der Waals surface area (Å²) in [6, 6.07) is 14.4. The van der Waals surface area contributed by atoms with Gasteiger partial charge in [0.1, 0.15) is 5.75 Å². The van der Waals surface area contributed by atoms with E-state index in [-0.39, 0.29) is 5.69 Å². The van der Waals surface area contributed by atoms with Crippen LogP contribution in [0.5, 0.6) is 5.75 Å². The number of hydrogen-bond donors (Lipinski definition) is 0. The molecule has 0 spiro atoms. The molecule has 4 nitrogen and oxygen atoms in total. The van der Waals surface area contributed by atoms with Crippen molar-refractivity contribution in [1.29, 1.82) is 0 Å². The van der Waals surface area contributed by atoms with Gasteiger partial charge in [0.2, 0.25) is 0 Å². The molecule has 2 aromatic carbocycles. The Morgan fingerprint density at radius 1 is 1.11 bits per heavy atom. The van der Waals surface area contributed by atoms with Gasteiger partial charge in [-0.15, -0.1) is 0 Å². The number of benzene rings is 2. The topological polar surface area (TPSA) is 52.4 Å². The second kappa shape index (κ2) is 6.00. The number of ether oxygens (including phenoxy) is 1. The lowest BCUT2D eigenvalue weighted by Crippen LogP contribution is -2.02. The Kier molecular flexibility index (Phi) is 4.13. The summed E-state index contributed by atoms with van der Waals surface area (Å²) in [5, 5.41) is 10.5. The normalized spacial score (nSPS) is 10.2. The highest BCUT2D eigenvalue weighted by atomic mass is 16.6. The molecule has 0 radical (unpaired) electrons. The average Bonchev–Trinajstić information content (AvgIpc) is 2.41. The molecule has 4 heteroatoms. The molecule has 2 aromatic rings. The van der Waals surface area contributed by atoms with Gasteiger partial charge in [0, 0.05) is 18.6 Å². The van der Waals surface area contributed by atoms with Crippen LogP contribution in [-0.2, 0) is 6.42 Å². The first-order chi connectivity index (χ1) is 9.16. The monoisotopic (exact) mass is 257 g/mol. The lowest BCUT2D eigenvalue weighted by molar-refractivity contribution is -0.384. The number of para-hydroxylation sites is 1. The van der Waals surface area contributed by atoms with Crippen LogP contribution in [0, 0.1) is 17.0 Å². The van der Waals surface area contributed by atoms with Crippen LogP contribution in [-0.4, -0.2) is 11.5 Å². The van der Waals surface area contributed by atoms with Crippen molar-refractivity contribution in [1.82, 2.24) is 0 Å². The average molecular weight is 257 g/mol. The Labute approximate surface area is 111 Å². The third-order valence-electron chi connectivity index (χ3n) is 2.89. The van der Waals surface area contributed by atoms with Gasteiger partial charge >= 0.3 is 0 Å². The predicted molar refractivity (Wildman–Crippen MR) is 73.5 cm³/mol. The smallest absolute Gasteiger partial charge is 0.269 e. The van der Waals surface area contributed by atoms with Gasteiger partial charge in [-0.3, -0.25) is 10.1 Å². The molecule has 0 atom stereocenters. The summed E-state index contributed by atoms with van der Waals surface area (Å²) in [6.45, 7) is 2.56. The molecule has 0 bridgehead atoms. The van der Waals surface area contributed by atoms with Crippen LogP contribution < -0.4 is 4.74 Å². The maximum atomic E-state index is 10.5. The van der Waals surface area contributed by atoms with Crippen molar-refractivity contribution >= 4 is 5.69 Å². The summed E-state index contributed by atoms with van der Waals surface area (Å²) < 4.78 is 5.68. The first kappa shape index (κ1) is 13.1. The van der Waals surface area contributed by atoms with E-state index in [1.807, 2.05) is 31.2 Å². The summed E-state index contributed by atoms with van der Waals surface area (Å²) in [5.74, 6) is 0.879. The van der Waals surface area contributed by atoms with Gasteiger partial charge in [-0.05, 0) is 24.1 Å². The molecule has 0 aliphatic carbocycles. The van der Waals surface area contributed by atoms with Crippen LogP contribution in [0.2, 0.25) is 0 Å². The van der Waals surface area contributed by atoms with E-state index >= 15 is 0 Å². The van der Waals surface area contributed by atoms with Crippen molar-refractivity contribution in [3.05, 3.63) is 69.8 Å². The second-order valence-electron chi connectivity index (χ2n) is 4.29. The SMILES string of the molecule is Cc1ccccc1OCCc1ccc([N+](=O)[O-])cc1. The molecule has 0 saturated heterocycles. The lowest BCUT2D eigenvalue weighted by Gasteiger charge is -2.08. The number of aryl methyl sites for hydroxylation is 1. The Bertz CT molecular complexity index is 564.